The van der Waals surface area contributed by atoms with Crippen LogP contribution in [0.15, 0.2) is 161 Å². The molecule has 1 saturated carbocycles. The molecule has 1 aromatic heterocycles. The smallest absolute Gasteiger partial charge is 0.156 e. The topological polar surface area (TPSA) is 25.8 Å². The molecule has 0 radical (unpaired) electrons. The predicted octanol–water partition coefficient (Wildman–Crippen LogP) is 17.3. The van der Waals surface area contributed by atoms with Crippen molar-refractivity contribution < 1.29 is 0 Å². The van der Waals surface area contributed by atoms with E-state index >= 15 is 0 Å². The zero-order chi connectivity index (χ0) is 44.7. The molecule has 0 bridgehead atoms. The Morgan fingerprint density at radius 1 is 0.636 bits per heavy atom. The monoisotopic (exact) mass is 873 g/mol. The van der Waals surface area contributed by atoms with E-state index in [1.165, 1.54) is 92.3 Å². The first-order valence-electron chi connectivity index (χ1n) is 26.9. The van der Waals surface area contributed by atoms with Crippen molar-refractivity contribution >= 4 is 11.1 Å². The van der Waals surface area contributed by atoms with Gasteiger partial charge in [0.15, 0.2) is 5.82 Å². The first-order valence-corrected chi connectivity index (χ1v) is 26.9. The van der Waals surface area contributed by atoms with Crippen molar-refractivity contribution in [2.24, 2.45) is 45.8 Å². The highest BCUT2D eigenvalue weighted by Gasteiger charge is 2.69. The maximum Gasteiger partial charge on any atom is 0.156 e. The number of hydrogen-bond donors (Lipinski definition) is 0. The van der Waals surface area contributed by atoms with Crippen LogP contribution in [0, 0.1) is 45.8 Å². The fourth-order valence-corrected chi connectivity index (χ4v) is 15.4. The fourth-order valence-electron chi connectivity index (χ4n) is 15.4. The molecule has 10 aliphatic rings. The van der Waals surface area contributed by atoms with Crippen LogP contribution in [0.1, 0.15) is 172 Å². The summed E-state index contributed by atoms with van der Waals surface area (Å²) in [6.45, 7) is 7.20. The molecule has 0 saturated heterocycles. The lowest BCUT2D eigenvalue weighted by molar-refractivity contribution is 0.182. The van der Waals surface area contributed by atoms with Crippen LogP contribution in [0.4, 0.5) is 0 Å². The summed E-state index contributed by atoms with van der Waals surface area (Å²) in [5.41, 5.74) is 14.7. The third-order valence-corrected chi connectivity index (χ3v) is 18.4. The summed E-state index contributed by atoms with van der Waals surface area (Å²) in [6.07, 6.45) is 74.4. The Labute approximate surface area is 398 Å². The molecule has 9 atom stereocenters. The minimum Gasteiger partial charge on any atom is -0.233 e. The molecule has 66 heavy (non-hydrogen) atoms. The predicted molar refractivity (Wildman–Crippen MR) is 278 cm³/mol. The van der Waals surface area contributed by atoms with Gasteiger partial charge >= 0.3 is 0 Å². The Morgan fingerprint density at radius 3 is 2.21 bits per heavy atom. The zero-order valence-corrected chi connectivity index (χ0v) is 40.6. The number of allylic oxidation sites excluding steroid dienone is 28. The fraction of sp³-hybridized carbons (Fsp3) is 0.500. The molecule has 0 spiro atoms. The normalized spacial score (nSPS) is 33.4. The molecule has 0 aromatic carbocycles. The molecule has 0 N–H and O–H groups in total. The van der Waals surface area contributed by atoms with Gasteiger partial charge in [0.2, 0.25) is 0 Å². The highest BCUT2D eigenvalue weighted by Crippen LogP contribution is 2.77. The van der Waals surface area contributed by atoms with E-state index in [4.69, 9.17) is 9.97 Å². The van der Waals surface area contributed by atoms with E-state index in [1.54, 1.807) is 27.9 Å². The van der Waals surface area contributed by atoms with E-state index in [0.717, 1.165) is 70.0 Å². The molecule has 1 aromatic rings. The van der Waals surface area contributed by atoms with E-state index in [-0.39, 0.29) is 22.2 Å². The van der Waals surface area contributed by atoms with E-state index in [2.05, 4.69) is 148 Å². The Bertz CT molecular complexity index is 2530. The SMILES string of the molecule is CC1=C(c2nc(C3=CC4(C(C5=CCCC=C5)(C5=CCCCC5)C5C=CC=CC5)CC4CC3)cc(C3C=C(C(C4=CCCC=C4)(C4=CC=CCC4C)C4C=CCCC4)CCC3)n2)C(C)CC=C1. The van der Waals surface area contributed by atoms with Gasteiger partial charge in [-0.25, -0.2) is 9.97 Å². The largest absolute Gasteiger partial charge is 0.233 e. The molecule has 342 valence electrons. The quantitative estimate of drug-likeness (QED) is 0.207. The number of hydrogen-bond acceptors (Lipinski definition) is 2. The van der Waals surface area contributed by atoms with E-state index in [1.807, 2.05) is 0 Å². The third kappa shape index (κ3) is 7.51. The maximum atomic E-state index is 5.77. The summed E-state index contributed by atoms with van der Waals surface area (Å²) < 4.78 is 0. The van der Waals surface area contributed by atoms with Crippen LogP contribution in [0.5, 0.6) is 0 Å². The Hall–Kier alpha value is -4.56. The second kappa shape index (κ2) is 18.5. The molecule has 1 heterocycles. The molecule has 0 aliphatic heterocycles. The van der Waals surface area contributed by atoms with Crippen LogP contribution in [0.3, 0.4) is 0 Å². The third-order valence-electron chi connectivity index (χ3n) is 18.4. The van der Waals surface area contributed by atoms with Crippen LogP contribution in [0.25, 0.3) is 11.1 Å². The summed E-state index contributed by atoms with van der Waals surface area (Å²) in [5, 5.41) is 0. The van der Waals surface area contributed by atoms with Gasteiger partial charge in [-0.05, 0) is 193 Å². The van der Waals surface area contributed by atoms with Crippen LogP contribution in [-0.2, 0) is 0 Å². The van der Waals surface area contributed by atoms with Crippen LogP contribution in [0.2, 0.25) is 0 Å². The molecule has 1 fully saturated rings. The minimum atomic E-state index is -0.126. The van der Waals surface area contributed by atoms with E-state index in [0.29, 0.717) is 29.6 Å². The Balaban J connectivity index is 1.09. The van der Waals surface area contributed by atoms with Gasteiger partial charge in [-0.3, -0.25) is 0 Å². The molecule has 9 unspecified atom stereocenters. The lowest BCUT2D eigenvalue weighted by atomic mass is 9.51. The van der Waals surface area contributed by atoms with E-state index < -0.39 is 0 Å². The molecule has 11 rings (SSSR count). The Kier molecular flexibility index (Phi) is 12.3. The first-order chi connectivity index (χ1) is 32.4. The summed E-state index contributed by atoms with van der Waals surface area (Å²) in [5.74, 6) is 3.74. The Morgan fingerprint density at radius 2 is 1.47 bits per heavy atom. The van der Waals surface area contributed by atoms with Gasteiger partial charge in [-0.1, -0.05) is 152 Å². The standard InChI is InChI=1S/C64H76N2/c1-45-23-19-20-38-57(45)63(50-27-9-4-10-28-50,51-29-11-5-12-30-51)55-37-22-26-48(41-55)58-42-59(66-61(65-58)60-46(2)24-21-25-47(60)3)49-39-40-56-44-62(56,43-49)64(52-31-13-6-14-32-52,53-33-15-7-16-34-53)54-35-17-8-18-36-54/h6,9,11,13-15,19-21,24,27-29,31,33-35,38,41-43,45,47-48,51-52,56H,4-5,7-8,10,12,16-18,22-23,25-26,30,32,36-37,39-40,44H2,1-3H3. The van der Waals surface area contributed by atoms with Crippen molar-refractivity contribution in [2.45, 2.75) is 155 Å². The molecular weight excluding hydrogens is 797 g/mol. The zero-order valence-electron chi connectivity index (χ0n) is 40.6. The molecular formula is C64H76N2. The van der Waals surface area contributed by atoms with Gasteiger partial charge in [0.05, 0.1) is 11.4 Å². The highest BCUT2D eigenvalue weighted by molar-refractivity contribution is 5.73. The summed E-state index contributed by atoms with van der Waals surface area (Å²) in [4.78, 5) is 11.5. The molecule has 2 heteroatoms. The van der Waals surface area contributed by atoms with Crippen molar-refractivity contribution in [1.29, 1.82) is 0 Å². The van der Waals surface area contributed by atoms with Gasteiger partial charge < -0.3 is 0 Å². The summed E-state index contributed by atoms with van der Waals surface area (Å²) >= 11 is 0. The van der Waals surface area contributed by atoms with Gasteiger partial charge in [-0.15, -0.1) is 0 Å². The second-order valence-corrected chi connectivity index (χ2v) is 22.2. The van der Waals surface area contributed by atoms with Crippen LogP contribution >= 0.6 is 0 Å². The van der Waals surface area contributed by atoms with E-state index in [9.17, 15) is 0 Å². The average Bonchev–Trinajstić information content (AvgIpc) is 4.12. The lowest BCUT2D eigenvalue weighted by Crippen LogP contribution is -2.44. The van der Waals surface area contributed by atoms with Crippen molar-refractivity contribution in [3.8, 4) is 0 Å². The van der Waals surface area contributed by atoms with Gasteiger partial charge in [0, 0.05) is 27.7 Å². The van der Waals surface area contributed by atoms with Gasteiger partial charge in [0.1, 0.15) is 0 Å². The summed E-state index contributed by atoms with van der Waals surface area (Å²) in [7, 11) is 0. The average molecular weight is 873 g/mol. The maximum absolute atomic E-state index is 5.77. The lowest BCUT2D eigenvalue weighted by Gasteiger charge is -2.52. The number of fused-ring (bicyclic) bond motifs is 1. The van der Waals surface area contributed by atoms with Crippen molar-refractivity contribution in [3.63, 3.8) is 0 Å². The van der Waals surface area contributed by atoms with Gasteiger partial charge in [-0.2, -0.15) is 0 Å². The molecule has 0 amide bonds. The minimum absolute atomic E-state index is 0.0251. The number of nitrogens with zero attached hydrogens (tertiary/aromatic N) is 2. The van der Waals surface area contributed by atoms with Crippen LogP contribution < -0.4 is 0 Å². The number of aromatic nitrogens is 2. The first kappa shape index (κ1) is 44.0. The van der Waals surface area contributed by atoms with Crippen molar-refractivity contribution in [2.75, 3.05) is 0 Å². The van der Waals surface area contributed by atoms with Gasteiger partial charge in [0.25, 0.3) is 0 Å². The molecule has 10 aliphatic carbocycles. The summed E-state index contributed by atoms with van der Waals surface area (Å²) in [6, 6.07) is 2.51. The second-order valence-electron chi connectivity index (χ2n) is 22.2. The highest BCUT2D eigenvalue weighted by atomic mass is 14.9. The molecule has 2 nitrogen and oxygen atoms in total. The van der Waals surface area contributed by atoms with Crippen molar-refractivity contribution in [3.05, 3.63) is 178 Å². The number of rotatable bonds is 11. The van der Waals surface area contributed by atoms with Crippen LogP contribution in [-0.4, -0.2) is 9.97 Å². The van der Waals surface area contributed by atoms with Crippen molar-refractivity contribution in [1.82, 2.24) is 9.97 Å².